The summed E-state index contributed by atoms with van der Waals surface area (Å²) in [6.07, 6.45) is 4.96. The van der Waals surface area contributed by atoms with Gasteiger partial charge in [-0.15, -0.1) is 0 Å². The summed E-state index contributed by atoms with van der Waals surface area (Å²) in [5, 5.41) is 14.4. The van der Waals surface area contributed by atoms with Gasteiger partial charge in [-0.05, 0) is 26.7 Å². The number of allylic oxidation sites excluding steroid dienone is 2. The summed E-state index contributed by atoms with van der Waals surface area (Å²) in [4.78, 5) is 35.7. The van der Waals surface area contributed by atoms with Crippen molar-refractivity contribution in [3.8, 4) is 0 Å². The van der Waals surface area contributed by atoms with Crippen molar-refractivity contribution in [2.24, 2.45) is 5.92 Å². The number of carbonyl (C=O) groups excluding carboxylic acids is 3. The second kappa shape index (κ2) is 9.99. The Hall–Kier alpha value is -1.89. The standard InChI is InChI=1S/C16H26N2O5/c1-11(9-19)17-14(20)8-13-6-4-3-5-7-15(21)23-10-12(2)18-16(13)22/h3-4,11-13,19H,5-10H2,1-2H3,(H,17,20)(H,18,22). The van der Waals surface area contributed by atoms with Crippen LogP contribution in [0.15, 0.2) is 12.2 Å². The summed E-state index contributed by atoms with van der Waals surface area (Å²) < 4.78 is 5.06. The molecule has 0 spiro atoms. The third kappa shape index (κ3) is 7.78. The first-order valence-electron chi connectivity index (χ1n) is 7.93. The number of rotatable bonds is 4. The van der Waals surface area contributed by atoms with Crippen molar-refractivity contribution in [1.82, 2.24) is 10.6 Å². The lowest BCUT2D eigenvalue weighted by Gasteiger charge is -2.20. The average molecular weight is 326 g/mol. The number of hydrogen-bond donors (Lipinski definition) is 3. The fourth-order valence-electron chi connectivity index (χ4n) is 2.16. The fourth-order valence-corrected chi connectivity index (χ4v) is 2.16. The molecule has 0 saturated carbocycles. The Morgan fingerprint density at radius 2 is 2.22 bits per heavy atom. The van der Waals surface area contributed by atoms with Gasteiger partial charge in [-0.3, -0.25) is 14.4 Å². The smallest absolute Gasteiger partial charge is 0.306 e. The van der Waals surface area contributed by atoms with E-state index in [0.717, 1.165) is 0 Å². The van der Waals surface area contributed by atoms with E-state index in [9.17, 15) is 14.4 Å². The second-order valence-corrected chi connectivity index (χ2v) is 5.89. The Morgan fingerprint density at radius 3 is 2.91 bits per heavy atom. The zero-order valence-electron chi connectivity index (χ0n) is 13.7. The Balaban J connectivity index is 2.69. The highest BCUT2D eigenvalue weighted by Gasteiger charge is 2.23. The van der Waals surface area contributed by atoms with Crippen LogP contribution in [0, 0.1) is 5.92 Å². The normalized spacial score (nSPS) is 24.7. The number of amides is 2. The molecule has 130 valence electrons. The summed E-state index contributed by atoms with van der Waals surface area (Å²) in [5.74, 6) is -1.29. The van der Waals surface area contributed by atoms with Gasteiger partial charge in [-0.25, -0.2) is 0 Å². The first-order chi connectivity index (χ1) is 10.9. The molecule has 0 bridgehead atoms. The van der Waals surface area contributed by atoms with Crippen LogP contribution in [0.3, 0.4) is 0 Å². The molecular formula is C16H26N2O5. The maximum Gasteiger partial charge on any atom is 0.306 e. The first kappa shape index (κ1) is 19.2. The summed E-state index contributed by atoms with van der Waals surface area (Å²) in [6.45, 7) is 3.41. The number of esters is 1. The van der Waals surface area contributed by atoms with Crippen molar-refractivity contribution in [3.05, 3.63) is 12.2 Å². The first-order valence-corrected chi connectivity index (χ1v) is 7.93. The van der Waals surface area contributed by atoms with Gasteiger partial charge in [0.1, 0.15) is 6.61 Å². The molecule has 0 aromatic heterocycles. The number of nitrogens with one attached hydrogen (secondary N) is 2. The van der Waals surface area contributed by atoms with E-state index in [4.69, 9.17) is 9.84 Å². The predicted molar refractivity (Wildman–Crippen MR) is 84.4 cm³/mol. The predicted octanol–water partition coefficient (Wildman–Crippen LogP) is 0.278. The number of hydrogen-bond acceptors (Lipinski definition) is 5. The minimum Gasteiger partial charge on any atom is -0.463 e. The number of carbonyl (C=O) groups is 3. The third-order valence-electron chi connectivity index (χ3n) is 3.47. The van der Waals surface area contributed by atoms with Crippen LogP contribution in [0.1, 0.15) is 39.5 Å². The lowest BCUT2D eigenvalue weighted by molar-refractivity contribution is -0.145. The maximum absolute atomic E-state index is 12.3. The largest absolute Gasteiger partial charge is 0.463 e. The highest BCUT2D eigenvalue weighted by atomic mass is 16.5. The zero-order valence-corrected chi connectivity index (χ0v) is 13.7. The van der Waals surface area contributed by atoms with Crippen LogP contribution in [0.25, 0.3) is 0 Å². The minimum absolute atomic E-state index is 0.0486. The molecule has 0 saturated heterocycles. The molecular weight excluding hydrogens is 300 g/mol. The van der Waals surface area contributed by atoms with Crippen LogP contribution in [-0.4, -0.2) is 48.2 Å². The van der Waals surface area contributed by atoms with E-state index >= 15 is 0 Å². The van der Waals surface area contributed by atoms with Gasteiger partial charge in [0.15, 0.2) is 0 Å². The van der Waals surface area contributed by atoms with Gasteiger partial charge in [0.05, 0.1) is 18.6 Å². The van der Waals surface area contributed by atoms with Gasteiger partial charge in [0, 0.05) is 18.9 Å². The molecule has 3 N–H and O–H groups in total. The van der Waals surface area contributed by atoms with Crippen LogP contribution in [0.5, 0.6) is 0 Å². The highest BCUT2D eigenvalue weighted by molar-refractivity contribution is 5.86. The summed E-state index contributed by atoms with van der Waals surface area (Å²) in [6, 6.07) is -0.650. The van der Waals surface area contributed by atoms with Crippen molar-refractivity contribution in [3.63, 3.8) is 0 Å². The summed E-state index contributed by atoms with van der Waals surface area (Å²) in [5.41, 5.74) is 0. The van der Waals surface area contributed by atoms with Gasteiger partial charge in [-0.2, -0.15) is 0 Å². The molecule has 1 aliphatic rings. The molecule has 2 amide bonds. The molecule has 0 radical (unpaired) electrons. The van der Waals surface area contributed by atoms with E-state index in [1.165, 1.54) is 0 Å². The van der Waals surface area contributed by atoms with Gasteiger partial charge in [0.2, 0.25) is 11.8 Å². The van der Waals surface area contributed by atoms with Crippen molar-refractivity contribution < 1.29 is 24.2 Å². The summed E-state index contributed by atoms with van der Waals surface area (Å²) >= 11 is 0. The zero-order chi connectivity index (χ0) is 17.2. The van der Waals surface area contributed by atoms with Crippen LogP contribution in [0.4, 0.5) is 0 Å². The Kier molecular flexibility index (Phi) is 8.32. The van der Waals surface area contributed by atoms with Crippen molar-refractivity contribution in [2.75, 3.05) is 13.2 Å². The molecule has 1 aliphatic heterocycles. The lowest BCUT2D eigenvalue weighted by Crippen LogP contribution is -2.43. The average Bonchev–Trinajstić information content (AvgIpc) is 2.50. The molecule has 1 rings (SSSR count). The van der Waals surface area contributed by atoms with Gasteiger partial charge >= 0.3 is 5.97 Å². The number of cyclic esters (lactones) is 1. The van der Waals surface area contributed by atoms with Crippen LogP contribution >= 0.6 is 0 Å². The van der Waals surface area contributed by atoms with E-state index in [2.05, 4.69) is 10.6 Å². The molecule has 3 atom stereocenters. The Labute approximate surface area is 136 Å². The quantitative estimate of drug-likeness (QED) is 0.508. The Bertz CT molecular complexity index is 450. The molecule has 0 aliphatic carbocycles. The highest BCUT2D eigenvalue weighted by Crippen LogP contribution is 2.12. The third-order valence-corrected chi connectivity index (χ3v) is 3.47. The summed E-state index contributed by atoms with van der Waals surface area (Å²) in [7, 11) is 0. The van der Waals surface area contributed by atoms with E-state index in [1.54, 1.807) is 13.8 Å². The van der Waals surface area contributed by atoms with Crippen LogP contribution in [-0.2, 0) is 19.1 Å². The molecule has 3 unspecified atom stereocenters. The molecule has 0 aromatic rings. The van der Waals surface area contributed by atoms with E-state index in [-0.39, 0.29) is 49.5 Å². The molecule has 23 heavy (non-hydrogen) atoms. The topological polar surface area (TPSA) is 105 Å². The minimum atomic E-state index is -0.491. The maximum atomic E-state index is 12.3. The number of aliphatic hydroxyl groups excluding tert-OH is 1. The van der Waals surface area contributed by atoms with E-state index in [0.29, 0.717) is 19.3 Å². The van der Waals surface area contributed by atoms with Gasteiger partial charge in [-0.1, -0.05) is 12.2 Å². The fraction of sp³-hybridized carbons (Fsp3) is 0.688. The second-order valence-electron chi connectivity index (χ2n) is 5.89. The Morgan fingerprint density at radius 1 is 1.48 bits per heavy atom. The van der Waals surface area contributed by atoms with Crippen LogP contribution < -0.4 is 10.6 Å². The molecule has 0 fully saturated rings. The van der Waals surface area contributed by atoms with Gasteiger partial charge < -0.3 is 20.5 Å². The van der Waals surface area contributed by atoms with Gasteiger partial charge in [0.25, 0.3) is 0 Å². The van der Waals surface area contributed by atoms with Crippen molar-refractivity contribution in [2.45, 2.75) is 51.6 Å². The SMILES string of the molecule is CC(CO)NC(=O)CC1CC=CCCC(=O)OCC(C)NC1=O. The molecule has 7 nitrogen and oxygen atoms in total. The molecule has 7 heteroatoms. The monoisotopic (exact) mass is 326 g/mol. The lowest BCUT2D eigenvalue weighted by atomic mass is 9.98. The number of aliphatic hydroxyl groups is 1. The van der Waals surface area contributed by atoms with E-state index in [1.807, 2.05) is 12.2 Å². The van der Waals surface area contributed by atoms with Crippen molar-refractivity contribution >= 4 is 17.8 Å². The number of ether oxygens (including phenoxy) is 1. The molecule has 0 aromatic carbocycles. The van der Waals surface area contributed by atoms with Crippen LogP contribution in [0.2, 0.25) is 0 Å². The molecule has 1 heterocycles. The van der Waals surface area contributed by atoms with Crippen molar-refractivity contribution in [1.29, 1.82) is 0 Å². The van der Waals surface area contributed by atoms with E-state index < -0.39 is 5.92 Å².